The number of benzene rings is 1. The molecule has 1 atom stereocenters. The average molecular weight is 231 g/mol. The molecule has 2 heterocycles. The number of Topliss-reactive ketones (excluding diaryl/α,β-unsaturated/α-hetero) is 1. The Kier molecular flexibility index (Phi) is 2.48. The second-order valence-electron chi connectivity index (χ2n) is 4.05. The minimum Gasteiger partial charge on any atom is -0.490 e. The van der Waals surface area contributed by atoms with Crippen LogP contribution in [0.2, 0.25) is 0 Å². The molecule has 2 aliphatic rings. The Bertz CT molecular complexity index is 481. The number of carbonyl (C=O) groups excluding carboxylic acids is 1. The summed E-state index contributed by atoms with van der Waals surface area (Å²) in [6.07, 6.45) is 2.14. The second-order valence-corrected chi connectivity index (χ2v) is 4.05. The summed E-state index contributed by atoms with van der Waals surface area (Å²) < 4.78 is 10.9. The van der Waals surface area contributed by atoms with Crippen LogP contribution in [0, 0.1) is 0 Å². The Morgan fingerprint density at radius 3 is 3.06 bits per heavy atom. The number of hydrogen-bond acceptors (Lipinski definition) is 4. The van der Waals surface area contributed by atoms with Crippen molar-refractivity contribution >= 4 is 11.5 Å². The molecule has 1 unspecified atom stereocenters. The maximum Gasteiger partial charge on any atom is 0.239 e. The van der Waals surface area contributed by atoms with Crippen molar-refractivity contribution in [2.75, 3.05) is 18.5 Å². The number of hydrogen-bond donors (Lipinski definition) is 1. The first-order valence-corrected chi connectivity index (χ1v) is 5.71. The fourth-order valence-electron chi connectivity index (χ4n) is 2.01. The van der Waals surface area contributed by atoms with Gasteiger partial charge in [0.25, 0.3) is 0 Å². The maximum absolute atomic E-state index is 12.1. The Morgan fingerprint density at radius 2 is 2.24 bits per heavy atom. The molecule has 88 valence electrons. The lowest BCUT2D eigenvalue weighted by Crippen LogP contribution is -2.38. The quantitative estimate of drug-likeness (QED) is 0.842. The molecule has 0 saturated heterocycles. The van der Waals surface area contributed by atoms with Gasteiger partial charge in [0.2, 0.25) is 5.78 Å². The molecule has 0 saturated carbocycles. The third-order valence-corrected chi connectivity index (χ3v) is 2.87. The highest BCUT2D eigenvalue weighted by atomic mass is 16.5. The summed E-state index contributed by atoms with van der Waals surface area (Å²) >= 11 is 0. The number of ether oxygens (including phenoxy) is 2. The van der Waals surface area contributed by atoms with E-state index in [0.29, 0.717) is 18.9 Å². The Labute approximate surface area is 99.2 Å². The third kappa shape index (κ3) is 1.86. The van der Waals surface area contributed by atoms with Gasteiger partial charge in [0.05, 0.1) is 18.8 Å². The van der Waals surface area contributed by atoms with E-state index in [1.165, 1.54) is 0 Å². The average Bonchev–Trinajstić information content (AvgIpc) is 2.91. The van der Waals surface area contributed by atoms with Crippen LogP contribution < -0.4 is 10.1 Å². The lowest BCUT2D eigenvalue weighted by molar-refractivity contribution is -0.124. The van der Waals surface area contributed by atoms with Crippen molar-refractivity contribution in [2.45, 2.75) is 12.5 Å². The molecule has 2 aliphatic heterocycles. The van der Waals surface area contributed by atoms with Gasteiger partial charge in [-0.15, -0.1) is 0 Å². The number of para-hydroxylation sites is 2. The van der Waals surface area contributed by atoms with Gasteiger partial charge in [-0.1, -0.05) is 12.1 Å². The molecular formula is C13H13NO3. The number of carbonyl (C=O) groups is 1. The van der Waals surface area contributed by atoms with E-state index in [2.05, 4.69) is 5.32 Å². The maximum atomic E-state index is 12.1. The first-order valence-electron chi connectivity index (χ1n) is 5.71. The van der Waals surface area contributed by atoms with Crippen molar-refractivity contribution in [1.29, 1.82) is 0 Å². The lowest BCUT2D eigenvalue weighted by Gasteiger charge is -2.26. The van der Waals surface area contributed by atoms with Crippen LogP contribution in [-0.2, 0) is 9.53 Å². The van der Waals surface area contributed by atoms with Crippen LogP contribution in [0.1, 0.15) is 6.42 Å². The van der Waals surface area contributed by atoms with E-state index >= 15 is 0 Å². The monoisotopic (exact) mass is 231 g/mol. The van der Waals surface area contributed by atoms with E-state index in [1.54, 1.807) is 0 Å². The van der Waals surface area contributed by atoms with Crippen LogP contribution >= 0.6 is 0 Å². The normalized spacial score (nSPS) is 21.6. The zero-order valence-corrected chi connectivity index (χ0v) is 9.31. The van der Waals surface area contributed by atoms with Crippen LogP contribution in [0.4, 0.5) is 5.69 Å². The molecule has 0 fully saturated rings. The summed E-state index contributed by atoms with van der Waals surface area (Å²) in [4.78, 5) is 12.1. The topological polar surface area (TPSA) is 47.6 Å². The highest BCUT2D eigenvalue weighted by molar-refractivity contribution is 5.98. The highest BCUT2D eigenvalue weighted by Gasteiger charge is 2.30. The fourth-order valence-corrected chi connectivity index (χ4v) is 2.01. The van der Waals surface area contributed by atoms with Crippen LogP contribution in [0.5, 0.6) is 5.75 Å². The van der Waals surface area contributed by atoms with Gasteiger partial charge < -0.3 is 14.8 Å². The summed E-state index contributed by atoms with van der Waals surface area (Å²) in [5.74, 6) is 1.08. The molecule has 0 bridgehead atoms. The van der Waals surface area contributed by atoms with Gasteiger partial charge in [0, 0.05) is 6.42 Å². The van der Waals surface area contributed by atoms with Crippen molar-refractivity contribution in [2.24, 2.45) is 0 Å². The minimum absolute atomic E-state index is 0.0792. The summed E-state index contributed by atoms with van der Waals surface area (Å²) in [6, 6.07) is 7.60. The Balaban J connectivity index is 1.77. The largest absolute Gasteiger partial charge is 0.490 e. The Hall–Kier alpha value is -1.97. The van der Waals surface area contributed by atoms with Gasteiger partial charge >= 0.3 is 0 Å². The predicted octanol–water partition coefficient (Wildman–Crippen LogP) is 1.73. The lowest BCUT2D eigenvalue weighted by atomic mass is 10.1. The molecular weight excluding hydrogens is 218 g/mol. The zero-order chi connectivity index (χ0) is 11.7. The van der Waals surface area contributed by atoms with E-state index in [1.807, 2.05) is 30.3 Å². The molecule has 17 heavy (non-hydrogen) atoms. The smallest absolute Gasteiger partial charge is 0.239 e. The summed E-state index contributed by atoms with van der Waals surface area (Å²) in [5, 5.41) is 3.19. The van der Waals surface area contributed by atoms with Gasteiger partial charge in [-0.05, 0) is 18.2 Å². The SMILES string of the molecule is O=C(C1=CCCO1)C1CNc2ccccc2O1. The van der Waals surface area contributed by atoms with Gasteiger partial charge in [0.1, 0.15) is 5.75 Å². The van der Waals surface area contributed by atoms with Crippen molar-refractivity contribution in [1.82, 2.24) is 0 Å². The molecule has 0 aromatic heterocycles. The summed E-state index contributed by atoms with van der Waals surface area (Å²) in [6.45, 7) is 1.08. The number of anilines is 1. The third-order valence-electron chi connectivity index (χ3n) is 2.87. The van der Waals surface area contributed by atoms with Crippen molar-refractivity contribution < 1.29 is 14.3 Å². The first kappa shape index (κ1) is 10.2. The van der Waals surface area contributed by atoms with E-state index in [4.69, 9.17) is 9.47 Å². The Morgan fingerprint density at radius 1 is 1.35 bits per heavy atom. The van der Waals surface area contributed by atoms with Gasteiger partial charge in [-0.2, -0.15) is 0 Å². The van der Waals surface area contributed by atoms with Gasteiger partial charge in [0.15, 0.2) is 11.9 Å². The fraction of sp³-hybridized carbons (Fsp3) is 0.308. The van der Waals surface area contributed by atoms with E-state index in [-0.39, 0.29) is 5.78 Å². The van der Waals surface area contributed by atoms with Crippen LogP contribution in [0.15, 0.2) is 36.1 Å². The summed E-state index contributed by atoms with van der Waals surface area (Å²) in [7, 11) is 0. The molecule has 4 heteroatoms. The first-order chi connectivity index (χ1) is 8.34. The number of nitrogens with one attached hydrogen (secondary N) is 1. The number of rotatable bonds is 2. The van der Waals surface area contributed by atoms with Crippen LogP contribution in [0.3, 0.4) is 0 Å². The second kappa shape index (κ2) is 4.13. The molecule has 1 N–H and O–H groups in total. The van der Waals surface area contributed by atoms with E-state index in [9.17, 15) is 4.79 Å². The number of ketones is 1. The molecule has 4 nitrogen and oxygen atoms in total. The highest BCUT2D eigenvalue weighted by Crippen LogP contribution is 2.29. The summed E-state index contributed by atoms with van der Waals surface area (Å²) in [5.41, 5.74) is 0.929. The predicted molar refractivity (Wildman–Crippen MR) is 63.0 cm³/mol. The van der Waals surface area contributed by atoms with Crippen molar-refractivity contribution in [3.8, 4) is 5.75 Å². The van der Waals surface area contributed by atoms with Gasteiger partial charge in [-0.25, -0.2) is 0 Å². The molecule has 0 aliphatic carbocycles. The van der Waals surface area contributed by atoms with Crippen molar-refractivity contribution in [3.05, 3.63) is 36.1 Å². The number of fused-ring (bicyclic) bond motifs is 1. The minimum atomic E-state index is -0.491. The van der Waals surface area contributed by atoms with Crippen LogP contribution in [0.25, 0.3) is 0 Å². The molecule has 0 radical (unpaired) electrons. The molecule has 0 spiro atoms. The van der Waals surface area contributed by atoms with E-state index < -0.39 is 6.10 Å². The van der Waals surface area contributed by atoms with Gasteiger partial charge in [-0.3, -0.25) is 4.79 Å². The van der Waals surface area contributed by atoms with E-state index in [0.717, 1.165) is 17.9 Å². The van der Waals surface area contributed by atoms with Crippen LogP contribution in [-0.4, -0.2) is 25.0 Å². The molecule has 1 aromatic carbocycles. The molecule has 3 rings (SSSR count). The standard InChI is InChI=1S/C13H13NO3/c15-13(11-6-3-7-16-11)12-8-14-9-4-1-2-5-10(9)17-12/h1-2,4-6,12,14H,3,7-8H2. The van der Waals surface area contributed by atoms with Crippen molar-refractivity contribution in [3.63, 3.8) is 0 Å². The molecule has 0 amide bonds. The zero-order valence-electron chi connectivity index (χ0n) is 9.31. The molecule has 1 aromatic rings.